The molecule has 13 heavy (non-hydrogen) atoms. The van der Waals surface area contributed by atoms with E-state index in [0.29, 0.717) is 24.1 Å². The maximum Gasteiger partial charge on any atom is 0.263 e. The van der Waals surface area contributed by atoms with Gasteiger partial charge in [-0.2, -0.15) is 0 Å². The third-order valence-corrected chi connectivity index (χ3v) is 1.87. The molecular formula is C8H9N3O2. The molecule has 5 nitrogen and oxygen atoms in total. The Labute approximate surface area is 73.7 Å². The second-order valence-corrected chi connectivity index (χ2v) is 2.71. The molecule has 0 amide bonds. The van der Waals surface area contributed by atoms with Gasteiger partial charge in [0.05, 0.1) is 6.20 Å². The lowest BCUT2D eigenvalue weighted by atomic mass is 10.3. The predicted octanol–water partition coefficient (Wildman–Crippen LogP) is -0.0518. The standard InChI is InChI=1S/C8H9N3O2/c9-2-4-11-3-1-7-6(8(11)12)5-10-13-7/h1,3,5H,2,4,9H2. The zero-order valence-electron chi connectivity index (χ0n) is 6.93. The molecular weight excluding hydrogens is 170 g/mol. The Kier molecular flexibility index (Phi) is 1.86. The van der Waals surface area contributed by atoms with E-state index in [4.69, 9.17) is 10.3 Å². The molecule has 2 aromatic rings. The van der Waals surface area contributed by atoms with Crippen molar-refractivity contribution in [2.45, 2.75) is 6.54 Å². The fourth-order valence-electron chi connectivity index (χ4n) is 1.22. The van der Waals surface area contributed by atoms with E-state index in [-0.39, 0.29) is 5.56 Å². The number of rotatable bonds is 2. The molecule has 5 heteroatoms. The monoisotopic (exact) mass is 179 g/mol. The first-order valence-electron chi connectivity index (χ1n) is 3.97. The number of fused-ring (bicyclic) bond motifs is 1. The van der Waals surface area contributed by atoms with Crippen LogP contribution in [-0.4, -0.2) is 16.3 Å². The Hall–Kier alpha value is -1.62. The molecule has 0 aliphatic heterocycles. The highest BCUT2D eigenvalue weighted by atomic mass is 16.5. The summed E-state index contributed by atoms with van der Waals surface area (Å²) < 4.78 is 6.38. The molecule has 0 bridgehead atoms. The van der Waals surface area contributed by atoms with Gasteiger partial charge in [0.15, 0.2) is 5.58 Å². The van der Waals surface area contributed by atoms with Gasteiger partial charge in [0, 0.05) is 25.4 Å². The van der Waals surface area contributed by atoms with Crippen LogP contribution in [0.4, 0.5) is 0 Å². The largest absolute Gasteiger partial charge is 0.356 e. The van der Waals surface area contributed by atoms with E-state index in [2.05, 4.69) is 5.16 Å². The van der Waals surface area contributed by atoms with Gasteiger partial charge >= 0.3 is 0 Å². The molecule has 2 heterocycles. The van der Waals surface area contributed by atoms with E-state index < -0.39 is 0 Å². The number of pyridine rings is 1. The lowest BCUT2D eigenvalue weighted by Crippen LogP contribution is -2.22. The van der Waals surface area contributed by atoms with Gasteiger partial charge in [-0.3, -0.25) is 4.79 Å². The van der Waals surface area contributed by atoms with Crippen LogP contribution in [0.3, 0.4) is 0 Å². The van der Waals surface area contributed by atoms with Crippen molar-refractivity contribution >= 4 is 11.0 Å². The smallest absolute Gasteiger partial charge is 0.263 e. The van der Waals surface area contributed by atoms with E-state index >= 15 is 0 Å². The second kappa shape index (κ2) is 3.02. The molecule has 0 fully saturated rings. The SMILES string of the molecule is NCCn1ccc2oncc2c1=O. The first kappa shape index (κ1) is 8.00. The summed E-state index contributed by atoms with van der Waals surface area (Å²) in [5.74, 6) is 0. The molecule has 2 rings (SSSR count). The minimum atomic E-state index is -0.107. The van der Waals surface area contributed by atoms with Gasteiger partial charge in [-0.1, -0.05) is 5.16 Å². The fraction of sp³-hybridized carbons (Fsp3) is 0.250. The van der Waals surface area contributed by atoms with Crippen LogP contribution in [0.1, 0.15) is 0 Å². The average molecular weight is 179 g/mol. The summed E-state index contributed by atoms with van der Waals surface area (Å²) in [5, 5.41) is 4.04. The Balaban J connectivity index is 2.67. The Morgan fingerprint density at radius 2 is 2.46 bits per heavy atom. The van der Waals surface area contributed by atoms with Crippen LogP contribution in [0, 0.1) is 0 Å². The Morgan fingerprint density at radius 1 is 1.62 bits per heavy atom. The van der Waals surface area contributed by atoms with Gasteiger partial charge in [0.25, 0.3) is 5.56 Å². The minimum Gasteiger partial charge on any atom is -0.356 e. The van der Waals surface area contributed by atoms with Crippen LogP contribution in [0.5, 0.6) is 0 Å². The minimum absolute atomic E-state index is 0.107. The summed E-state index contributed by atoms with van der Waals surface area (Å²) in [5.41, 5.74) is 5.76. The Morgan fingerprint density at radius 3 is 3.23 bits per heavy atom. The van der Waals surface area contributed by atoms with Crippen LogP contribution in [-0.2, 0) is 6.54 Å². The number of hydrogen-bond acceptors (Lipinski definition) is 4. The zero-order valence-corrected chi connectivity index (χ0v) is 6.93. The Bertz CT molecular complexity index is 471. The van der Waals surface area contributed by atoms with Gasteiger partial charge in [0.2, 0.25) is 0 Å². The number of aromatic nitrogens is 2. The molecule has 0 saturated heterocycles. The van der Waals surface area contributed by atoms with E-state index in [0.717, 1.165) is 0 Å². The van der Waals surface area contributed by atoms with Gasteiger partial charge in [-0.15, -0.1) is 0 Å². The zero-order chi connectivity index (χ0) is 9.26. The normalized spacial score (nSPS) is 10.8. The first-order chi connectivity index (χ1) is 6.33. The topological polar surface area (TPSA) is 74.1 Å². The van der Waals surface area contributed by atoms with E-state index in [1.165, 1.54) is 6.20 Å². The maximum absolute atomic E-state index is 11.6. The molecule has 0 aliphatic carbocycles. The summed E-state index contributed by atoms with van der Waals surface area (Å²) >= 11 is 0. The fourth-order valence-corrected chi connectivity index (χ4v) is 1.22. The van der Waals surface area contributed by atoms with Crippen LogP contribution >= 0.6 is 0 Å². The lowest BCUT2D eigenvalue weighted by Gasteiger charge is -2.00. The van der Waals surface area contributed by atoms with Crippen LogP contribution < -0.4 is 11.3 Å². The predicted molar refractivity (Wildman–Crippen MR) is 47.3 cm³/mol. The molecule has 0 aliphatic rings. The van der Waals surface area contributed by atoms with E-state index in [9.17, 15) is 4.79 Å². The molecule has 0 aromatic carbocycles. The molecule has 2 aromatic heterocycles. The van der Waals surface area contributed by atoms with Crippen molar-refractivity contribution < 1.29 is 4.52 Å². The summed E-state index contributed by atoms with van der Waals surface area (Å²) in [6, 6.07) is 1.71. The number of hydrogen-bond donors (Lipinski definition) is 1. The summed E-state index contributed by atoms with van der Waals surface area (Å²) in [6.45, 7) is 0.955. The van der Waals surface area contributed by atoms with Crippen molar-refractivity contribution in [1.29, 1.82) is 0 Å². The highest BCUT2D eigenvalue weighted by molar-refractivity contribution is 5.74. The molecule has 0 unspecified atom stereocenters. The van der Waals surface area contributed by atoms with Crippen molar-refractivity contribution in [3.8, 4) is 0 Å². The summed E-state index contributed by atoms with van der Waals surface area (Å²) in [6.07, 6.45) is 3.08. The lowest BCUT2D eigenvalue weighted by molar-refractivity contribution is 0.456. The van der Waals surface area contributed by atoms with Gasteiger partial charge in [0.1, 0.15) is 5.39 Å². The van der Waals surface area contributed by atoms with Gasteiger partial charge < -0.3 is 14.8 Å². The highest BCUT2D eigenvalue weighted by Crippen LogP contribution is 2.06. The van der Waals surface area contributed by atoms with Crippen molar-refractivity contribution in [1.82, 2.24) is 9.72 Å². The first-order valence-corrected chi connectivity index (χ1v) is 3.97. The molecule has 0 atom stereocenters. The summed E-state index contributed by atoms with van der Waals surface area (Å²) in [4.78, 5) is 11.6. The molecule has 0 saturated carbocycles. The molecule has 0 radical (unpaired) electrons. The van der Waals surface area contributed by atoms with Crippen LogP contribution in [0.15, 0.2) is 27.8 Å². The van der Waals surface area contributed by atoms with E-state index in [1.807, 2.05) is 0 Å². The van der Waals surface area contributed by atoms with Crippen molar-refractivity contribution in [3.05, 3.63) is 28.8 Å². The molecule has 2 N–H and O–H groups in total. The third-order valence-electron chi connectivity index (χ3n) is 1.87. The second-order valence-electron chi connectivity index (χ2n) is 2.71. The quantitative estimate of drug-likeness (QED) is 0.701. The van der Waals surface area contributed by atoms with Crippen molar-refractivity contribution in [2.75, 3.05) is 6.54 Å². The maximum atomic E-state index is 11.6. The molecule has 68 valence electrons. The van der Waals surface area contributed by atoms with Gasteiger partial charge in [-0.05, 0) is 0 Å². The average Bonchev–Trinajstić information content (AvgIpc) is 2.58. The third kappa shape index (κ3) is 1.23. The van der Waals surface area contributed by atoms with Crippen molar-refractivity contribution in [2.24, 2.45) is 5.73 Å². The number of nitrogens with zero attached hydrogens (tertiary/aromatic N) is 2. The van der Waals surface area contributed by atoms with Gasteiger partial charge in [-0.25, -0.2) is 0 Å². The molecule has 0 spiro atoms. The van der Waals surface area contributed by atoms with Crippen LogP contribution in [0.25, 0.3) is 11.0 Å². The highest BCUT2D eigenvalue weighted by Gasteiger charge is 2.04. The van der Waals surface area contributed by atoms with E-state index in [1.54, 1.807) is 16.8 Å². The van der Waals surface area contributed by atoms with Crippen molar-refractivity contribution in [3.63, 3.8) is 0 Å². The number of nitrogens with two attached hydrogens (primary N) is 1. The van der Waals surface area contributed by atoms with Crippen LogP contribution in [0.2, 0.25) is 0 Å². The summed E-state index contributed by atoms with van der Waals surface area (Å²) in [7, 11) is 0.